The second kappa shape index (κ2) is 7.01. The number of ether oxygens (including phenoxy) is 1. The maximum Gasteiger partial charge on any atom is 0.241 e. The first-order chi connectivity index (χ1) is 10.8. The summed E-state index contributed by atoms with van der Waals surface area (Å²) in [7, 11) is -2.20. The Hall–Kier alpha value is -1.40. The smallest absolute Gasteiger partial charge is 0.241 e. The lowest BCUT2D eigenvalue weighted by Crippen LogP contribution is -2.51. The van der Waals surface area contributed by atoms with Gasteiger partial charge in [-0.3, -0.25) is 4.79 Å². The van der Waals surface area contributed by atoms with Gasteiger partial charge in [0.25, 0.3) is 0 Å². The zero-order valence-corrected chi connectivity index (χ0v) is 14.8. The summed E-state index contributed by atoms with van der Waals surface area (Å²) >= 11 is 0. The third-order valence-corrected chi connectivity index (χ3v) is 7.21. The molecular weight excluding hydrogens is 314 g/mol. The Balaban J connectivity index is 2.43. The Morgan fingerprint density at radius 3 is 2.52 bits per heavy atom. The molecular formula is C17H25NO4S. The summed E-state index contributed by atoms with van der Waals surface area (Å²) in [6.07, 6.45) is 2.26. The van der Waals surface area contributed by atoms with Crippen LogP contribution in [0.3, 0.4) is 0 Å². The van der Waals surface area contributed by atoms with Crippen molar-refractivity contribution in [2.24, 2.45) is 0 Å². The predicted octanol–water partition coefficient (Wildman–Crippen LogP) is 2.15. The van der Waals surface area contributed by atoms with E-state index in [4.69, 9.17) is 4.74 Å². The van der Waals surface area contributed by atoms with Gasteiger partial charge in [0.05, 0.1) is 11.5 Å². The number of benzene rings is 1. The molecule has 1 N–H and O–H groups in total. The maximum atomic E-state index is 13.3. The zero-order chi connectivity index (χ0) is 17.1. The molecule has 0 aliphatic heterocycles. The summed E-state index contributed by atoms with van der Waals surface area (Å²) < 4.78 is 30.2. The highest BCUT2D eigenvalue weighted by Crippen LogP contribution is 2.41. The summed E-state index contributed by atoms with van der Waals surface area (Å²) in [5.41, 5.74) is 1.56. The van der Waals surface area contributed by atoms with Crippen molar-refractivity contribution in [3.8, 4) is 0 Å². The van der Waals surface area contributed by atoms with Crippen LogP contribution in [0.5, 0.6) is 0 Å². The molecule has 1 aliphatic rings. The molecule has 0 unspecified atom stereocenters. The van der Waals surface area contributed by atoms with E-state index in [-0.39, 0.29) is 4.90 Å². The van der Waals surface area contributed by atoms with Crippen molar-refractivity contribution >= 4 is 15.7 Å². The number of hydrogen-bond donors (Lipinski definition) is 1. The van der Waals surface area contributed by atoms with Crippen molar-refractivity contribution in [2.75, 3.05) is 20.3 Å². The van der Waals surface area contributed by atoms with Gasteiger partial charge in [0.2, 0.25) is 5.91 Å². The molecule has 1 aromatic carbocycles. The van der Waals surface area contributed by atoms with E-state index in [1.54, 1.807) is 26.2 Å². The molecule has 23 heavy (non-hydrogen) atoms. The van der Waals surface area contributed by atoms with Crippen LogP contribution in [-0.2, 0) is 19.4 Å². The first-order valence-corrected chi connectivity index (χ1v) is 9.42. The second-order valence-electron chi connectivity index (χ2n) is 6.22. The number of carbonyl (C=O) groups excluding carboxylic acids is 1. The topological polar surface area (TPSA) is 72.5 Å². The minimum atomic E-state index is -3.74. The van der Waals surface area contributed by atoms with Crippen LogP contribution in [0, 0.1) is 13.8 Å². The van der Waals surface area contributed by atoms with Gasteiger partial charge in [-0.1, -0.05) is 25.0 Å². The molecule has 2 rings (SSSR count). The van der Waals surface area contributed by atoms with Gasteiger partial charge in [-0.05, 0) is 43.9 Å². The highest BCUT2D eigenvalue weighted by atomic mass is 32.2. The highest BCUT2D eigenvalue weighted by Gasteiger charge is 2.53. The van der Waals surface area contributed by atoms with Gasteiger partial charge in [-0.2, -0.15) is 0 Å². The number of rotatable bonds is 6. The lowest BCUT2D eigenvalue weighted by molar-refractivity contribution is -0.123. The van der Waals surface area contributed by atoms with Crippen LogP contribution >= 0.6 is 0 Å². The lowest BCUT2D eigenvalue weighted by Gasteiger charge is -2.28. The summed E-state index contributed by atoms with van der Waals surface area (Å²) in [6, 6.07) is 5.36. The zero-order valence-electron chi connectivity index (χ0n) is 14.0. The van der Waals surface area contributed by atoms with Gasteiger partial charge in [0.15, 0.2) is 14.6 Å². The van der Waals surface area contributed by atoms with E-state index in [1.165, 1.54) is 0 Å². The molecule has 6 heteroatoms. The number of hydrogen-bond acceptors (Lipinski definition) is 4. The maximum absolute atomic E-state index is 13.3. The molecule has 0 atom stereocenters. The molecule has 1 fully saturated rings. The van der Waals surface area contributed by atoms with Crippen molar-refractivity contribution in [2.45, 2.75) is 49.2 Å². The van der Waals surface area contributed by atoms with Crippen LogP contribution in [0.4, 0.5) is 0 Å². The van der Waals surface area contributed by atoms with E-state index in [0.29, 0.717) is 31.6 Å². The van der Waals surface area contributed by atoms with Gasteiger partial charge >= 0.3 is 0 Å². The van der Waals surface area contributed by atoms with Crippen molar-refractivity contribution in [3.63, 3.8) is 0 Å². The molecule has 0 bridgehead atoms. The van der Waals surface area contributed by atoms with E-state index >= 15 is 0 Å². The average molecular weight is 339 g/mol. The Morgan fingerprint density at radius 2 is 1.91 bits per heavy atom. The van der Waals surface area contributed by atoms with Gasteiger partial charge in [0, 0.05) is 13.7 Å². The largest absolute Gasteiger partial charge is 0.383 e. The molecule has 0 spiro atoms. The van der Waals surface area contributed by atoms with Crippen LogP contribution in [-0.4, -0.2) is 39.3 Å². The number of aryl methyl sites for hydroxylation is 2. The summed E-state index contributed by atoms with van der Waals surface area (Å²) in [5.74, 6) is -0.395. The Kier molecular flexibility index (Phi) is 5.47. The SMILES string of the molecule is COCCNC(=O)C1(S(=O)(=O)c2cc(C)ccc2C)CCCC1. The van der Waals surface area contributed by atoms with Crippen LogP contribution in [0.2, 0.25) is 0 Å². The van der Waals surface area contributed by atoms with Crippen molar-refractivity contribution in [1.29, 1.82) is 0 Å². The molecule has 1 amide bonds. The molecule has 0 aromatic heterocycles. The summed E-state index contributed by atoms with van der Waals surface area (Å²) in [6.45, 7) is 4.32. The van der Waals surface area contributed by atoms with Crippen LogP contribution in [0.1, 0.15) is 36.8 Å². The van der Waals surface area contributed by atoms with Crippen molar-refractivity contribution < 1.29 is 17.9 Å². The van der Waals surface area contributed by atoms with Gasteiger partial charge in [-0.15, -0.1) is 0 Å². The van der Waals surface area contributed by atoms with E-state index in [2.05, 4.69) is 5.32 Å². The fourth-order valence-electron chi connectivity index (χ4n) is 3.20. The van der Waals surface area contributed by atoms with Crippen LogP contribution in [0.25, 0.3) is 0 Å². The number of sulfone groups is 1. The molecule has 5 nitrogen and oxygen atoms in total. The third-order valence-electron chi connectivity index (χ3n) is 4.56. The lowest BCUT2D eigenvalue weighted by atomic mass is 10.1. The van der Waals surface area contributed by atoms with Gasteiger partial charge in [0.1, 0.15) is 0 Å². The molecule has 1 aromatic rings. The minimum absolute atomic E-state index is 0.279. The van der Waals surface area contributed by atoms with Crippen LogP contribution < -0.4 is 5.32 Å². The quantitative estimate of drug-likeness (QED) is 0.806. The first-order valence-electron chi connectivity index (χ1n) is 7.94. The van der Waals surface area contributed by atoms with Gasteiger partial charge < -0.3 is 10.1 Å². The number of methoxy groups -OCH3 is 1. The van der Waals surface area contributed by atoms with Crippen LogP contribution in [0.15, 0.2) is 23.1 Å². The monoisotopic (exact) mass is 339 g/mol. The number of nitrogens with one attached hydrogen (secondary N) is 1. The van der Waals surface area contributed by atoms with Crippen molar-refractivity contribution in [1.82, 2.24) is 5.32 Å². The predicted molar refractivity (Wildman–Crippen MR) is 89.2 cm³/mol. The minimum Gasteiger partial charge on any atom is -0.383 e. The van der Waals surface area contributed by atoms with E-state index in [0.717, 1.165) is 18.4 Å². The van der Waals surface area contributed by atoms with E-state index < -0.39 is 20.5 Å². The Bertz CT molecular complexity index is 676. The normalized spacial score (nSPS) is 17.2. The number of carbonyl (C=O) groups is 1. The Labute approximate surface area is 138 Å². The number of amides is 1. The fraction of sp³-hybridized carbons (Fsp3) is 0.588. The molecule has 0 heterocycles. The first kappa shape index (κ1) is 17.9. The standard InChI is InChI=1S/C17H25NO4S/c1-13-6-7-14(2)15(12-13)23(20,21)17(8-4-5-9-17)16(19)18-10-11-22-3/h6-7,12H,4-5,8-11H2,1-3H3,(H,18,19). The molecule has 0 saturated heterocycles. The summed E-state index contributed by atoms with van der Waals surface area (Å²) in [4.78, 5) is 13.0. The van der Waals surface area contributed by atoms with E-state index in [9.17, 15) is 13.2 Å². The average Bonchev–Trinajstić information content (AvgIpc) is 3.01. The molecule has 1 saturated carbocycles. The second-order valence-corrected chi connectivity index (χ2v) is 8.45. The van der Waals surface area contributed by atoms with E-state index in [1.807, 2.05) is 13.0 Å². The highest BCUT2D eigenvalue weighted by molar-refractivity contribution is 7.93. The van der Waals surface area contributed by atoms with Gasteiger partial charge in [-0.25, -0.2) is 8.42 Å². The third kappa shape index (κ3) is 3.28. The molecule has 0 radical (unpaired) electrons. The summed E-state index contributed by atoms with van der Waals surface area (Å²) in [5, 5.41) is 2.73. The Morgan fingerprint density at radius 1 is 1.26 bits per heavy atom. The molecule has 1 aliphatic carbocycles. The molecule has 128 valence electrons. The fourth-order valence-corrected chi connectivity index (χ4v) is 5.60. The van der Waals surface area contributed by atoms with Crippen molar-refractivity contribution in [3.05, 3.63) is 29.3 Å².